The SMILES string of the molecule is CC(O)[C@H]1C(=O)N2C(C(=O)O)=C(S[C@@H]3CN[C@H](C(=O)N4CCNCC4C)C3)[C@H](C)[C@H]12. The number of amides is 2. The molecule has 0 spiro atoms. The number of aliphatic carboxylic acids is 1. The highest BCUT2D eigenvalue weighted by molar-refractivity contribution is 8.03. The van der Waals surface area contributed by atoms with Crippen LogP contribution in [0.3, 0.4) is 0 Å². The van der Waals surface area contributed by atoms with E-state index in [9.17, 15) is 24.6 Å². The Kier molecular flexibility index (Phi) is 5.86. The fourth-order valence-corrected chi connectivity index (χ4v) is 6.69. The van der Waals surface area contributed by atoms with Crippen LogP contribution in [0, 0.1) is 11.8 Å². The first-order chi connectivity index (χ1) is 14.2. The molecule has 4 heterocycles. The van der Waals surface area contributed by atoms with Crippen molar-refractivity contribution < 1.29 is 24.6 Å². The van der Waals surface area contributed by atoms with E-state index >= 15 is 0 Å². The number of carboxylic acid groups (broad SMARTS) is 1. The maximum atomic E-state index is 12.9. The second-order valence-electron chi connectivity index (χ2n) is 8.79. The monoisotopic (exact) mass is 438 g/mol. The number of hydrogen-bond donors (Lipinski definition) is 4. The molecule has 0 bridgehead atoms. The van der Waals surface area contributed by atoms with Gasteiger partial charge in [-0.3, -0.25) is 9.59 Å². The molecule has 0 saturated carbocycles. The molecule has 2 amide bonds. The molecule has 4 aliphatic rings. The predicted molar refractivity (Wildman–Crippen MR) is 111 cm³/mol. The van der Waals surface area contributed by atoms with Crippen LogP contribution < -0.4 is 10.6 Å². The van der Waals surface area contributed by atoms with E-state index in [2.05, 4.69) is 10.6 Å². The van der Waals surface area contributed by atoms with E-state index in [4.69, 9.17) is 0 Å². The van der Waals surface area contributed by atoms with Crippen LogP contribution in [-0.4, -0.2) is 93.5 Å². The largest absolute Gasteiger partial charge is 0.477 e. The third-order valence-electron chi connectivity index (χ3n) is 6.78. The van der Waals surface area contributed by atoms with Crippen molar-refractivity contribution in [3.63, 3.8) is 0 Å². The summed E-state index contributed by atoms with van der Waals surface area (Å²) in [7, 11) is 0. The lowest BCUT2D eigenvalue weighted by molar-refractivity contribution is -0.163. The summed E-state index contributed by atoms with van der Waals surface area (Å²) in [6, 6.07) is -0.417. The minimum Gasteiger partial charge on any atom is -0.477 e. The Labute approximate surface area is 180 Å². The van der Waals surface area contributed by atoms with E-state index in [1.54, 1.807) is 6.92 Å². The van der Waals surface area contributed by atoms with Crippen molar-refractivity contribution >= 4 is 29.5 Å². The van der Waals surface area contributed by atoms with Crippen LogP contribution in [0.4, 0.5) is 0 Å². The first-order valence-electron chi connectivity index (χ1n) is 10.6. The number of nitrogens with zero attached hydrogens (tertiary/aromatic N) is 2. The highest BCUT2D eigenvalue weighted by Crippen LogP contribution is 2.51. The topological polar surface area (TPSA) is 122 Å². The van der Waals surface area contributed by atoms with E-state index in [0.717, 1.165) is 13.1 Å². The van der Waals surface area contributed by atoms with Gasteiger partial charge in [-0.25, -0.2) is 4.79 Å². The molecule has 10 heteroatoms. The van der Waals surface area contributed by atoms with Crippen LogP contribution >= 0.6 is 11.8 Å². The van der Waals surface area contributed by atoms with E-state index in [-0.39, 0.29) is 46.8 Å². The number of hydrogen-bond acceptors (Lipinski definition) is 7. The van der Waals surface area contributed by atoms with E-state index in [1.807, 2.05) is 18.7 Å². The zero-order valence-corrected chi connectivity index (χ0v) is 18.3. The van der Waals surface area contributed by atoms with Gasteiger partial charge in [-0.1, -0.05) is 6.92 Å². The lowest BCUT2D eigenvalue weighted by Crippen LogP contribution is -2.63. The number of carboxylic acids is 1. The van der Waals surface area contributed by atoms with Gasteiger partial charge in [0.1, 0.15) is 5.70 Å². The summed E-state index contributed by atoms with van der Waals surface area (Å²) < 4.78 is 0. The van der Waals surface area contributed by atoms with E-state index < -0.39 is 18.0 Å². The third-order valence-corrected chi connectivity index (χ3v) is 8.29. The van der Waals surface area contributed by atoms with Crippen molar-refractivity contribution in [3.8, 4) is 0 Å². The van der Waals surface area contributed by atoms with Gasteiger partial charge in [0.25, 0.3) is 0 Å². The molecule has 3 fully saturated rings. The number of aliphatic hydroxyl groups excluding tert-OH is 1. The number of rotatable bonds is 5. The second-order valence-corrected chi connectivity index (χ2v) is 10.1. The fraction of sp³-hybridized carbons (Fsp3) is 0.750. The molecule has 9 nitrogen and oxygen atoms in total. The molecule has 7 atom stereocenters. The van der Waals surface area contributed by atoms with Gasteiger partial charge in [0.2, 0.25) is 11.8 Å². The molecular weight excluding hydrogens is 408 g/mol. The van der Waals surface area contributed by atoms with Crippen molar-refractivity contribution in [2.45, 2.75) is 56.7 Å². The van der Waals surface area contributed by atoms with Crippen LogP contribution in [0.15, 0.2) is 10.6 Å². The summed E-state index contributed by atoms with van der Waals surface area (Å²) in [5.41, 5.74) is 0.0462. The summed E-state index contributed by atoms with van der Waals surface area (Å²) in [6.45, 7) is 8.43. The Morgan fingerprint density at radius 3 is 2.63 bits per heavy atom. The quantitative estimate of drug-likeness (QED) is 0.421. The fourth-order valence-electron chi connectivity index (χ4n) is 5.21. The third kappa shape index (κ3) is 3.43. The van der Waals surface area contributed by atoms with Gasteiger partial charge in [0.15, 0.2) is 0 Å². The molecule has 0 aliphatic carbocycles. The maximum absolute atomic E-state index is 12.9. The van der Waals surface area contributed by atoms with E-state index in [0.29, 0.717) is 24.4 Å². The standard InChI is InChI=1S/C20H30N4O5S/c1-9-7-21-4-5-23(9)18(26)13-6-12(8-22-13)30-17-10(2)15-14(11(3)25)19(27)24(15)16(17)20(28)29/h9-15,21-22,25H,4-8H2,1-3H3,(H,28,29)/t9?,10-,11?,12+,13+,14-,15-/m1/s1. The van der Waals surface area contributed by atoms with Crippen molar-refractivity contribution in [3.05, 3.63) is 10.6 Å². The lowest BCUT2D eigenvalue weighted by atomic mass is 9.79. The van der Waals surface area contributed by atoms with Gasteiger partial charge < -0.3 is 30.6 Å². The molecule has 4 aliphatic heterocycles. The molecule has 30 heavy (non-hydrogen) atoms. The molecule has 2 unspecified atom stereocenters. The Morgan fingerprint density at radius 2 is 2.00 bits per heavy atom. The van der Waals surface area contributed by atoms with Crippen LogP contribution in [0.2, 0.25) is 0 Å². The first kappa shape index (κ1) is 21.6. The Hall–Kier alpha value is -1.62. The van der Waals surface area contributed by atoms with Gasteiger partial charge in [-0.15, -0.1) is 11.8 Å². The number of β-lactam (4-membered cyclic amide) rings is 1. The summed E-state index contributed by atoms with van der Waals surface area (Å²) in [5.74, 6) is -2.04. The summed E-state index contributed by atoms with van der Waals surface area (Å²) in [5, 5.41) is 26.4. The average molecular weight is 439 g/mol. The first-order valence-corrected chi connectivity index (χ1v) is 11.5. The molecule has 4 N–H and O–H groups in total. The van der Waals surface area contributed by atoms with Crippen molar-refractivity contribution in [1.82, 2.24) is 20.4 Å². The molecular formula is C20H30N4O5S. The predicted octanol–water partition coefficient (Wildman–Crippen LogP) is -0.576. The minimum absolute atomic E-state index is 0.0462. The van der Waals surface area contributed by atoms with Gasteiger partial charge in [-0.05, 0) is 20.3 Å². The number of thioether (sulfide) groups is 1. The molecule has 166 valence electrons. The number of aliphatic hydroxyl groups is 1. The van der Waals surface area contributed by atoms with Crippen LogP contribution in [0.1, 0.15) is 27.2 Å². The van der Waals surface area contributed by atoms with Crippen LogP contribution in [0.25, 0.3) is 0 Å². The number of piperazine rings is 1. The zero-order valence-electron chi connectivity index (χ0n) is 17.5. The summed E-state index contributed by atoms with van der Waals surface area (Å²) >= 11 is 1.47. The Bertz CT molecular complexity index is 787. The van der Waals surface area contributed by atoms with Gasteiger partial charge in [-0.2, -0.15) is 0 Å². The number of carbonyl (C=O) groups is 3. The number of fused-ring (bicyclic) bond motifs is 1. The highest BCUT2D eigenvalue weighted by atomic mass is 32.2. The number of nitrogens with one attached hydrogen (secondary N) is 2. The van der Waals surface area contributed by atoms with Crippen molar-refractivity contribution in [1.29, 1.82) is 0 Å². The molecule has 0 aromatic carbocycles. The molecule has 0 aromatic heterocycles. The van der Waals surface area contributed by atoms with Gasteiger partial charge in [0, 0.05) is 48.3 Å². The molecule has 4 rings (SSSR count). The summed E-state index contributed by atoms with van der Waals surface area (Å²) in [4.78, 5) is 41.3. The Morgan fingerprint density at radius 1 is 1.27 bits per heavy atom. The minimum atomic E-state index is -1.11. The zero-order chi connectivity index (χ0) is 21.7. The second kappa shape index (κ2) is 8.14. The Balaban J connectivity index is 1.46. The normalized spacial score (nSPS) is 37.3. The van der Waals surface area contributed by atoms with Gasteiger partial charge >= 0.3 is 5.97 Å². The van der Waals surface area contributed by atoms with Crippen molar-refractivity contribution in [2.24, 2.45) is 11.8 Å². The maximum Gasteiger partial charge on any atom is 0.353 e. The summed E-state index contributed by atoms with van der Waals surface area (Å²) in [6.07, 6.45) is -0.182. The highest BCUT2D eigenvalue weighted by Gasteiger charge is 2.60. The lowest BCUT2D eigenvalue weighted by Gasteiger charge is -2.46. The molecule has 3 saturated heterocycles. The van der Waals surface area contributed by atoms with Crippen LogP contribution in [-0.2, 0) is 14.4 Å². The van der Waals surface area contributed by atoms with Crippen molar-refractivity contribution in [2.75, 3.05) is 26.2 Å². The van der Waals surface area contributed by atoms with Crippen LogP contribution in [0.5, 0.6) is 0 Å². The molecule has 0 aromatic rings. The average Bonchev–Trinajstić information content (AvgIpc) is 3.24. The number of carbonyl (C=O) groups excluding carboxylic acids is 2. The smallest absolute Gasteiger partial charge is 0.353 e. The van der Waals surface area contributed by atoms with E-state index in [1.165, 1.54) is 16.7 Å². The molecule has 0 radical (unpaired) electrons. The van der Waals surface area contributed by atoms with Gasteiger partial charge in [0.05, 0.1) is 24.1 Å².